The molecule has 1 atom stereocenters. The Kier molecular flexibility index (Phi) is 4.00. The Balaban J connectivity index is 2.11. The summed E-state index contributed by atoms with van der Waals surface area (Å²) in [5, 5.41) is 10.3. The fourth-order valence-electron chi connectivity index (χ4n) is 2.06. The largest absolute Gasteiger partial charge is 0.497 e. The lowest BCUT2D eigenvalue weighted by atomic mass is 9.98. The van der Waals surface area contributed by atoms with Gasteiger partial charge in [-0.2, -0.15) is 0 Å². The van der Waals surface area contributed by atoms with Gasteiger partial charge in [-0.1, -0.05) is 36.4 Å². The molecule has 0 aliphatic heterocycles. The van der Waals surface area contributed by atoms with E-state index in [1.807, 2.05) is 55.5 Å². The third-order valence-corrected chi connectivity index (χ3v) is 3.14. The number of aliphatic hydroxyl groups excluding tert-OH is 1. The maximum atomic E-state index is 10.3. The van der Waals surface area contributed by atoms with E-state index in [-0.39, 0.29) is 0 Å². The van der Waals surface area contributed by atoms with Crippen molar-refractivity contribution >= 4 is 0 Å². The molecule has 0 spiro atoms. The molecule has 0 amide bonds. The fraction of sp³-hybridized carbons (Fsp3) is 0.250. The van der Waals surface area contributed by atoms with Gasteiger partial charge in [0.15, 0.2) is 0 Å². The van der Waals surface area contributed by atoms with E-state index in [9.17, 15) is 5.11 Å². The van der Waals surface area contributed by atoms with E-state index in [2.05, 4.69) is 0 Å². The second kappa shape index (κ2) is 5.69. The highest BCUT2D eigenvalue weighted by Crippen LogP contribution is 2.22. The van der Waals surface area contributed by atoms with Crippen LogP contribution in [-0.4, -0.2) is 12.2 Å². The highest BCUT2D eigenvalue weighted by Gasteiger charge is 2.10. The molecule has 18 heavy (non-hydrogen) atoms. The molecule has 0 aromatic heterocycles. The topological polar surface area (TPSA) is 29.5 Å². The lowest BCUT2D eigenvalue weighted by molar-refractivity contribution is 0.177. The minimum Gasteiger partial charge on any atom is -0.497 e. The van der Waals surface area contributed by atoms with Crippen LogP contribution in [0.4, 0.5) is 0 Å². The van der Waals surface area contributed by atoms with Gasteiger partial charge in [0.05, 0.1) is 13.2 Å². The van der Waals surface area contributed by atoms with Gasteiger partial charge in [0, 0.05) is 6.42 Å². The van der Waals surface area contributed by atoms with E-state index >= 15 is 0 Å². The van der Waals surface area contributed by atoms with Gasteiger partial charge in [0.25, 0.3) is 0 Å². The summed E-state index contributed by atoms with van der Waals surface area (Å²) < 4.78 is 5.12. The summed E-state index contributed by atoms with van der Waals surface area (Å²) in [6.07, 6.45) is 0.161. The molecule has 1 unspecified atom stereocenters. The fourth-order valence-corrected chi connectivity index (χ4v) is 2.06. The second-order valence-electron chi connectivity index (χ2n) is 4.42. The number of ether oxygens (including phenoxy) is 1. The molecule has 1 N–H and O–H groups in total. The zero-order chi connectivity index (χ0) is 13.0. The molecule has 0 radical (unpaired) electrons. The van der Waals surface area contributed by atoms with Crippen LogP contribution in [0.25, 0.3) is 0 Å². The monoisotopic (exact) mass is 242 g/mol. The van der Waals surface area contributed by atoms with Crippen LogP contribution in [0.5, 0.6) is 5.75 Å². The summed E-state index contributed by atoms with van der Waals surface area (Å²) in [7, 11) is 1.65. The van der Waals surface area contributed by atoms with Gasteiger partial charge in [-0.15, -0.1) is 0 Å². The van der Waals surface area contributed by atoms with E-state index < -0.39 is 6.10 Å². The van der Waals surface area contributed by atoms with Gasteiger partial charge in [0.1, 0.15) is 5.75 Å². The molecule has 2 aromatic rings. The van der Waals surface area contributed by atoms with Gasteiger partial charge in [-0.25, -0.2) is 0 Å². The van der Waals surface area contributed by atoms with Crippen molar-refractivity contribution in [2.75, 3.05) is 7.11 Å². The Morgan fingerprint density at radius 3 is 2.33 bits per heavy atom. The van der Waals surface area contributed by atoms with Gasteiger partial charge < -0.3 is 9.84 Å². The maximum Gasteiger partial charge on any atom is 0.118 e. The summed E-state index contributed by atoms with van der Waals surface area (Å²) in [5.74, 6) is 0.837. The Hall–Kier alpha value is -1.80. The van der Waals surface area contributed by atoms with Crippen molar-refractivity contribution in [2.45, 2.75) is 19.4 Å². The Labute approximate surface area is 108 Å². The van der Waals surface area contributed by atoms with Crippen LogP contribution in [0, 0.1) is 6.92 Å². The third-order valence-electron chi connectivity index (χ3n) is 3.14. The van der Waals surface area contributed by atoms with Crippen molar-refractivity contribution in [1.82, 2.24) is 0 Å². The smallest absolute Gasteiger partial charge is 0.118 e. The Morgan fingerprint density at radius 1 is 1.06 bits per heavy atom. The molecule has 0 aliphatic carbocycles. The molecule has 2 rings (SSSR count). The minimum absolute atomic E-state index is 0.459. The van der Waals surface area contributed by atoms with E-state index in [0.717, 1.165) is 22.4 Å². The number of aliphatic hydroxyl groups is 1. The minimum atomic E-state index is -0.459. The van der Waals surface area contributed by atoms with Crippen molar-refractivity contribution in [3.8, 4) is 5.75 Å². The lowest BCUT2D eigenvalue weighted by Gasteiger charge is -2.13. The molecule has 0 saturated carbocycles. The van der Waals surface area contributed by atoms with Crippen LogP contribution in [0.1, 0.15) is 22.8 Å². The van der Waals surface area contributed by atoms with Crippen molar-refractivity contribution in [3.63, 3.8) is 0 Å². The Bertz CT molecular complexity index is 503. The molecule has 2 aromatic carbocycles. The van der Waals surface area contributed by atoms with Gasteiger partial charge in [-0.3, -0.25) is 0 Å². The third kappa shape index (κ3) is 2.90. The van der Waals surface area contributed by atoms with Crippen LogP contribution in [0.2, 0.25) is 0 Å². The van der Waals surface area contributed by atoms with E-state index in [0.29, 0.717) is 6.42 Å². The first kappa shape index (κ1) is 12.7. The maximum absolute atomic E-state index is 10.3. The number of hydrogen-bond donors (Lipinski definition) is 1. The van der Waals surface area contributed by atoms with E-state index in [4.69, 9.17) is 4.74 Å². The zero-order valence-corrected chi connectivity index (χ0v) is 10.8. The highest BCUT2D eigenvalue weighted by atomic mass is 16.5. The first-order valence-electron chi connectivity index (χ1n) is 6.07. The van der Waals surface area contributed by atoms with Gasteiger partial charge in [-0.05, 0) is 35.7 Å². The summed E-state index contributed by atoms with van der Waals surface area (Å²) in [6.45, 7) is 2.02. The van der Waals surface area contributed by atoms with Gasteiger partial charge >= 0.3 is 0 Å². The second-order valence-corrected chi connectivity index (χ2v) is 4.42. The molecular formula is C16H18O2. The summed E-state index contributed by atoms with van der Waals surface area (Å²) in [6, 6.07) is 15.7. The van der Waals surface area contributed by atoms with Crippen LogP contribution in [-0.2, 0) is 6.42 Å². The normalized spacial score (nSPS) is 12.2. The molecule has 2 heteroatoms. The first-order valence-corrected chi connectivity index (χ1v) is 6.07. The highest BCUT2D eigenvalue weighted by molar-refractivity contribution is 5.31. The summed E-state index contributed by atoms with van der Waals surface area (Å²) in [4.78, 5) is 0. The number of rotatable bonds is 4. The lowest BCUT2D eigenvalue weighted by Crippen LogP contribution is -2.03. The molecule has 0 fully saturated rings. The number of methoxy groups -OCH3 is 1. The predicted molar refractivity (Wildman–Crippen MR) is 72.8 cm³/mol. The van der Waals surface area contributed by atoms with E-state index in [1.54, 1.807) is 7.11 Å². The van der Waals surface area contributed by atoms with Crippen LogP contribution in [0.3, 0.4) is 0 Å². The van der Waals surface area contributed by atoms with Crippen LogP contribution in [0.15, 0.2) is 48.5 Å². The van der Waals surface area contributed by atoms with Crippen molar-refractivity contribution in [2.24, 2.45) is 0 Å². The standard InChI is InChI=1S/C16H18O2/c1-12-5-3-4-6-15(12)16(17)11-13-7-9-14(18-2)10-8-13/h3-10,16-17H,11H2,1-2H3. The molecular weight excluding hydrogens is 224 g/mol. The van der Waals surface area contributed by atoms with Crippen molar-refractivity contribution in [1.29, 1.82) is 0 Å². The number of benzene rings is 2. The number of aryl methyl sites for hydroxylation is 1. The van der Waals surface area contributed by atoms with Crippen LogP contribution >= 0.6 is 0 Å². The molecule has 0 bridgehead atoms. The quantitative estimate of drug-likeness (QED) is 0.891. The van der Waals surface area contributed by atoms with E-state index in [1.165, 1.54) is 0 Å². The van der Waals surface area contributed by atoms with Gasteiger partial charge in [0.2, 0.25) is 0 Å². The number of hydrogen-bond acceptors (Lipinski definition) is 2. The zero-order valence-electron chi connectivity index (χ0n) is 10.8. The average Bonchev–Trinajstić information content (AvgIpc) is 2.40. The SMILES string of the molecule is COc1ccc(CC(O)c2ccccc2C)cc1. The van der Waals surface area contributed by atoms with Crippen molar-refractivity contribution in [3.05, 3.63) is 65.2 Å². The van der Waals surface area contributed by atoms with Crippen molar-refractivity contribution < 1.29 is 9.84 Å². The molecule has 94 valence electrons. The molecule has 2 nitrogen and oxygen atoms in total. The Morgan fingerprint density at radius 2 is 1.72 bits per heavy atom. The molecule has 0 aliphatic rings. The molecule has 0 saturated heterocycles. The summed E-state index contributed by atoms with van der Waals surface area (Å²) in [5.41, 5.74) is 3.22. The first-order chi connectivity index (χ1) is 8.70. The summed E-state index contributed by atoms with van der Waals surface area (Å²) >= 11 is 0. The predicted octanol–water partition coefficient (Wildman–Crippen LogP) is 3.28. The average molecular weight is 242 g/mol. The molecule has 0 heterocycles. The van der Waals surface area contributed by atoms with Crippen LogP contribution < -0.4 is 4.74 Å².